The molecule has 2 aromatic rings. The van der Waals surface area contributed by atoms with Crippen molar-refractivity contribution < 1.29 is 99.8 Å². The predicted molar refractivity (Wildman–Crippen MR) is 221 cm³/mol. The number of nitrogens with one attached hydrogen (secondary N) is 1. The summed E-state index contributed by atoms with van der Waals surface area (Å²) in [6.45, 7) is 9.86. The first kappa shape index (κ1) is 58.6. The summed E-state index contributed by atoms with van der Waals surface area (Å²) >= 11 is 0. The number of hydrogen-bond acceptors (Lipinski definition) is 15. The number of alkyl halides is 2. The first-order chi connectivity index (χ1) is 30.3. The molecule has 0 bridgehead atoms. The number of likely N-dealkylation sites (tertiary alicyclic amines) is 1. The Morgan fingerprint density at radius 3 is 1.46 bits per heavy atom. The maximum Gasteiger partial charge on any atom is 1.00 e. The van der Waals surface area contributed by atoms with E-state index in [4.69, 9.17) is 9.47 Å². The number of ether oxygens (including phenoxy) is 2. The molecular formula is C42H57BF4N4NaO13. The summed E-state index contributed by atoms with van der Waals surface area (Å²) < 4.78 is 68.1. The van der Waals surface area contributed by atoms with Crippen molar-refractivity contribution in [2.75, 3.05) is 45.9 Å². The number of aldehydes is 1. The predicted octanol–water partition coefficient (Wildman–Crippen LogP) is 0.313. The molecule has 4 heterocycles. The van der Waals surface area contributed by atoms with Gasteiger partial charge < -0.3 is 32.3 Å². The number of carbonyl (C=O) groups excluding carboxylic acids is 6. The van der Waals surface area contributed by atoms with Crippen LogP contribution in [0.5, 0.6) is 0 Å². The van der Waals surface area contributed by atoms with Crippen LogP contribution in [0.2, 0.25) is 0 Å². The van der Waals surface area contributed by atoms with Crippen LogP contribution in [0.3, 0.4) is 0 Å². The third-order valence-electron chi connectivity index (χ3n) is 9.53. The number of aromatic nitrogens is 2. The third-order valence-corrected chi connectivity index (χ3v) is 9.53. The molecule has 2 aromatic heterocycles. The molecule has 6 rings (SSSR count). The Bertz CT molecular complexity index is 1960. The Labute approximate surface area is 397 Å². The van der Waals surface area contributed by atoms with E-state index in [1.54, 1.807) is 20.0 Å². The number of rotatable bonds is 15. The average Bonchev–Trinajstić information content (AvgIpc) is 4.17. The van der Waals surface area contributed by atoms with Gasteiger partial charge in [-0.3, -0.25) is 28.4 Å². The smallest absolute Gasteiger partial charge is 0.793 e. The Morgan fingerprint density at radius 1 is 0.754 bits per heavy atom. The molecule has 1 N–H and O–H groups in total. The van der Waals surface area contributed by atoms with Gasteiger partial charge in [0.2, 0.25) is 5.97 Å². The topological polar surface area (TPSA) is 208 Å². The van der Waals surface area contributed by atoms with E-state index in [9.17, 15) is 55.9 Å². The molecule has 2 saturated heterocycles. The van der Waals surface area contributed by atoms with Crippen molar-refractivity contribution in [3.8, 4) is 0 Å². The van der Waals surface area contributed by atoms with E-state index in [0.29, 0.717) is 81.2 Å². The molecule has 2 aliphatic carbocycles. The summed E-state index contributed by atoms with van der Waals surface area (Å²) in [5.74, 6) is -3.84. The molecule has 3 radical (unpaired) electrons. The molecule has 0 spiro atoms. The summed E-state index contributed by atoms with van der Waals surface area (Å²) in [7, 11) is 4.32. The molecule has 65 heavy (non-hydrogen) atoms. The Balaban J connectivity index is 0.000000471. The number of halogens is 4. The molecule has 4 aliphatic rings. The average molecular weight is 936 g/mol. The van der Waals surface area contributed by atoms with Gasteiger partial charge in [-0.15, -0.1) is 0 Å². The Kier molecular flexibility index (Phi) is 27.7. The van der Waals surface area contributed by atoms with Crippen LogP contribution in [0.15, 0.2) is 34.1 Å². The maximum atomic E-state index is 14.1. The quantitative estimate of drug-likeness (QED) is 0.0637. The first-order valence-electron chi connectivity index (χ1n) is 20.9. The van der Waals surface area contributed by atoms with Crippen molar-refractivity contribution >= 4 is 44.2 Å². The van der Waals surface area contributed by atoms with Gasteiger partial charge in [0.05, 0.1) is 13.2 Å². The second kappa shape index (κ2) is 30.8. The SMILES string of the molecule is CC(=O)OOC(C)=O.CCOC(=O)C(CC1CC1)n1cc(CC=O)cc(F)c1=O.CCOC(=O)C(CC1CC1)n1cc(CCN2CC(F)C2)cc(F)c1=O.FC1CNC1.[B-]OC(C)=O.[Na+]. The van der Waals surface area contributed by atoms with E-state index < -0.39 is 77.0 Å². The summed E-state index contributed by atoms with van der Waals surface area (Å²) in [6, 6.07) is 0.636. The van der Waals surface area contributed by atoms with Gasteiger partial charge in [-0.25, -0.2) is 46.5 Å². The van der Waals surface area contributed by atoms with E-state index in [1.165, 1.54) is 23.8 Å². The zero-order chi connectivity index (χ0) is 47.9. The number of hydrogen-bond donors (Lipinski definition) is 1. The minimum atomic E-state index is -0.959. The molecular weight excluding hydrogens is 878 g/mol. The van der Waals surface area contributed by atoms with E-state index in [1.807, 2.05) is 4.90 Å². The van der Waals surface area contributed by atoms with Crippen LogP contribution in [0.25, 0.3) is 0 Å². The molecule has 355 valence electrons. The third kappa shape index (κ3) is 23.1. The largest absolute Gasteiger partial charge is 1.00 e. The number of pyridine rings is 2. The van der Waals surface area contributed by atoms with Crippen LogP contribution in [0.1, 0.15) is 96.4 Å². The van der Waals surface area contributed by atoms with Crippen molar-refractivity contribution in [2.24, 2.45) is 11.8 Å². The standard InChI is InChI=1S/C18H24F2N2O3.C15H18FNO4.C4H6O4.C3H6FN.C2H3BO2.Na/c1-2-25-18(24)16(8-12-3-4-12)22-9-13(7-15(20)17(22)23)5-6-21-10-14(19)11-21;1-2-21-15(20)13(8-10-3-4-10)17-9-11(5-6-18)7-12(16)14(17)19;1-3(5)7-8-4(2)6;4-3-1-5-2-3;1-2(4)5-3;/h7,9,12,14,16H,2-6,8,10-11H2,1H3;6-7,9-10,13H,2-5,8H2,1H3;1-2H3;3,5H,1-2H2;1H3;/q;;;;-1;+1. The van der Waals surface area contributed by atoms with Crippen molar-refractivity contribution in [1.29, 1.82) is 0 Å². The minimum Gasteiger partial charge on any atom is -0.793 e. The molecule has 2 unspecified atom stereocenters. The van der Waals surface area contributed by atoms with Gasteiger partial charge in [0.25, 0.3) is 11.1 Å². The van der Waals surface area contributed by atoms with E-state index >= 15 is 0 Å². The molecule has 17 nitrogen and oxygen atoms in total. The summed E-state index contributed by atoms with van der Waals surface area (Å²) in [5.41, 5.74) is -0.657. The number of nitrogens with zero attached hydrogens (tertiary/aromatic N) is 3. The van der Waals surface area contributed by atoms with Crippen molar-refractivity contribution in [1.82, 2.24) is 19.4 Å². The molecule has 4 fully saturated rings. The van der Waals surface area contributed by atoms with E-state index in [2.05, 4.69) is 27.8 Å². The second-order valence-corrected chi connectivity index (χ2v) is 15.2. The van der Waals surface area contributed by atoms with Gasteiger partial charge in [-0.1, -0.05) is 25.7 Å². The fourth-order valence-electron chi connectivity index (χ4n) is 5.86. The van der Waals surface area contributed by atoms with Gasteiger partial charge >= 0.3 is 53.4 Å². The second-order valence-electron chi connectivity index (χ2n) is 15.2. The normalized spacial score (nSPS) is 16.0. The number of esters is 2. The summed E-state index contributed by atoms with van der Waals surface area (Å²) in [6.07, 6.45) is 7.74. The fraction of sp³-hybridized carbons (Fsp3) is 0.619. The molecule has 0 amide bonds. The molecule has 23 heteroatoms. The van der Waals surface area contributed by atoms with E-state index in [0.717, 1.165) is 50.2 Å². The molecule has 2 atom stereocenters. The minimum absolute atomic E-state index is 0. The van der Waals surface area contributed by atoms with Crippen LogP contribution in [-0.2, 0) is 65.5 Å². The Hall–Kier alpha value is -4.38. The molecule has 0 aromatic carbocycles. The number of carbonyl (C=O) groups is 6. The monoisotopic (exact) mass is 935 g/mol. The van der Waals surface area contributed by atoms with Crippen molar-refractivity contribution in [3.63, 3.8) is 0 Å². The van der Waals surface area contributed by atoms with Gasteiger partial charge in [-0.05, 0) is 68.2 Å². The fourth-order valence-corrected chi connectivity index (χ4v) is 5.86. The van der Waals surface area contributed by atoms with Crippen LogP contribution in [0, 0.1) is 23.5 Å². The summed E-state index contributed by atoms with van der Waals surface area (Å²) in [5, 5.41) is 2.79. The maximum absolute atomic E-state index is 14.1. The first-order valence-corrected chi connectivity index (χ1v) is 20.9. The van der Waals surface area contributed by atoms with Crippen LogP contribution >= 0.6 is 0 Å². The van der Waals surface area contributed by atoms with E-state index in [-0.39, 0.29) is 49.2 Å². The zero-order valence-corrected chi connectivity index (χ0v) is 39.7. The molecule has 2 aliphatic heterocycles. The Morgan fingerprint density at radius 2 is 1.15 bits per heavy atom. The molecule has 2 saturated carbocycles. The van der Waals surface area contributed by atoms with Crippen LogP contribution in [-0.4, -0.2) is 116 Å². The zero-order valence-electron chi connectivity index (χ0n) is 37.7. The summed E-state index contributed by atoms with van der Waals surface area (Å²) in [4.78, 5) is 97.9. The van der Waals surface area contributed by atoms with Gasteiger partial charge in [0, 0.05) is 72.3 Å². The van der Waals surface area contributed by atoms with Crippen LogP contribution < -0.4 is 46.0 Å². The van der Waals surface area contributed by atoms with Gasteiger partial charge in [0.1, 0.15) is 30.7 Å². The van der Waals surface area contributed by atoms with Gasteiger partial charge in [-0.2, -0.15) is 0 Å². The van der Waals surface area contributed by atoms with Crippen LogP contribution in [0.4, 0.5) is 17.6 Å². The van der Waals surface area contributed by atoms with Gasteiger partial charge in [0.15, 0.2) is 11.6 Å². The van der Waals surface area contributed by atoms with Crippen molar-refractivity contribution in [2.45, 2.75) is 110 Å². The van der Waals surface area contributed by atoms with Crippen molar-refractivity contribution in [3.05, 3.63) is 68.0 Å².